The number of carboxylic acid groups (broad SMARTS) is 1. The zero-order valence-corrected chi connectivity index (χ0v) is 9.51. The minimum atomic E-state index is -4.37. The Hall–Kier alpha value is -0.820. The van der Waals surface area contributed by atoms with Crippen LogP contribution in [0, 0.1) is 0 Å². The largest absolute Gasteiger partial charge is 0.480 e. The van der Waals surface area contributed by atoms with Crippen molar-refractivity contribution in [2.75, 3.05) is 13.2 Å². The van der Waals surface area contributed by atoms with Gasteiger partial charge in [0, 0.05) is 12.6 Å². The van der Waals surface area contributed by atoms with Gasteiger partial charge in [0.25, 0.3) is 0 Å². The number of ether oxygens (including phenoxy) is 1. The molecule has 0 aromatic carbocycles. The van der Waals surface area contributed by atoms with Crippen LogP contribution in [-0.4, -0.2) is 42.0 Å². The first-order chi connectivity index (χ1) is 7.73. The van der Waals surface area contributed by atoms with Crippen LogP contribution in [0.15, 0.2) is 0 Å². The molecule has 1 fully saturated rings. The topological polar surface area (TPSA) is 58.6 Å². The van der Waals surface area contributed by atoms with Crippen molar-refractivity contribution in [1.29, 1.82) is 0 Å². The van der Waals surface area contributed by atoms with Crippen LogP contribution in [0.25, 0.3) is 0 Å². The Morgan fingerprint density at radius 3 is 2.47 bits per heavy atom. The van der Waals surface area contributed by atoms with Crippen LogP contribution in [0.5, 0.6) is 0 Å². The average Bonchev–Trinajstić information content (AvgIpc) is 2.94. The summed E-state index contributed by atoms with van der Waals surface area (Å²) in [6, 6.07) is 0.165. The van der Waals surface area contributed by atoms with Crippen LogP contribution in [0.3, 0.4) is 0 Å². The summed E-state index contributed by atoms with van der Waals surface area (Å²) in [6.45, 7) is -0.112. The van der Waals surface area contributed by atoms with Crippen LogP contribution in [0.1, 0.15) is 26.2 Å². The number of hydrogen-bond donors (Lipinski definition) is 2. The molecular weight excluding hydrogens is 239 g/mol. The molecular formula is C10H16F3NO3. The third-order valence-electron chi connectivity index (χ3n) is 2.58. The Morgan fingerprint density at radius 1 is 1.47 bits per heavy atom. The summed E-state index contributed by atoms with van der Waals surface area (Å²) < 4.78 is 39.8. The van der Waals surface area contributed by atoms with Crippen molar-refractivity contribution in [2.45, 2.75) is 43.9 Å². The fourth-order valence-electron chi connectivity index (χ4n) is 1.38. The van der Waals surface area contributed by atoms with Crippen molar-refractivity contribution in [3.05, 3.63) is 0 Å². The highest BCUT2D eigenvalue weighted by atomic mass is 19.4. The number of carboxylic acids is 1. The number of aliphatic carboxylic acids is 1. The molecule has 1 saturated carbocycles. The van der Waals surface area contributed by atoms with E-state index in [1.54, 1.807) is 0 Å². The lowest BCUT2D eigenvalue weighted by molar-refractivity contribution is -0.175. The number of halogens is 3. The third kappa shape index (κ3) is 5.36. The van der Waals surface area contributed by atoms with E-state index < -0.39 is 24.3 Å². The summed E-state index contributed by atoms with van der Waals surface area (Å²) in [6.07, 6.45) is -2.54. The van der Waals surface area contributed by atoms with E-state index in [1.807, 2.05) is 0 Å². The van der Waals surface area contributed by atoms with Crippen LogP contribution < -0.4 is 5.32 Å². The quantitative estimate of drug-likeness (QED) is 0.678. The maximum atomic E-state index is 11.8. The molecule has 0 radical (unpaired) electrons. The molecule has 100 valence electrons. The van der Waals surface area contributed by atoms with Gasteiger partial charge in [0.2, 0.25) is 0 Å². The van der Waals surface area contributed by atoms with Gasteiger partial charge in [-0.3, -0.25) is 10.1 Å². The van der Waals surface area contributed by atoms with Gasteiger partial charge in [-0.05, 0) is 26.2 Å². The summed E-state index contributed by atoms with van der Waals surface area (Å²) in [7, 11) is 0. The fourth-order valence-corrected chi connectivity index (χ4v) is 1.38. The lowest BCUT2D eigenvalue weighted by Gasteiger charge is -2.26. The molecule has 0 aliphatic heterocycles. The lowest BCUT2D eigenvalue weighted by Crippen LogP contribution is -2.51. The zero-order valence-electron chi connectivity index (χ0n) is 9.51. The van der Waals surface area contributed by atoms with Crippen molar-refractivity contribution in [1.82, 2.24) is 5.32 Å². The Bertz CT molecular complexity index is 278. The summed E-state index contributed by atoms with van der Waals surface area (Å²) in [4.78, 5) is 11.0. The smallest absolute Gasteiger partial charge is 0.411 e. The van der Waals surface area contributed by atoms with E-state index in [9.17, 15) is 18.0 Å². The van der Waals surface area contributed by atoms with Crippen molar-refractivity contribution in [3.63, 3.8) is 0 Å². The number of alkyl halides is 3. The molecule has 0 aromatic heterocycles. The first-order valence-electron chi connectivity index (χ1n) is 5.38. The van der Waals surface area contributed by atoms with E-state index >= 15 is 0 Å². The predicted molar refractivity (Wildman–Crippen MR) is 53.7 cm³/mol. The minimum absolute atomic E-state index is 0.00884. The number of carbonyl (C=O) groups is 1. The Labute approximate surface area is 97.1 Å². The normalized spacial score (nSPS) is 20.0. The number of rotatable bonds is 7. The molecule has 1 atom stereocenters. The number of hydrogen-bond acceptors (Lipinski definition) is 3. The highest BCUT2D eigenvalue weighted by Gasteiger charge is 2.38. The SMILES string of the molecule is CC(CCOCC(F)(F)F)(NC1CC1)C(=O)O. The molecule has 0 saturated heterocycles. The van der Waals surface area contributed by atoms with Crippen LogP contribution >= 0.6 is 0 Å². The molecule has 1 unspecified atom stereocenters. The van der Waals surface area contributed by atoms with Gasteiger partial charge >= 0.3 is 12.1 Å². The molecule has 1 aliphatic carbocycles. The second kappa shape index (κ2) is 5.22. The van der Waals surface area contributed by atoms with E-state index in [1.165, 1.54) is 6.92 Å². The summed E-state index contributed by atoms with van der Waals surface area (Å²) in [5.74, 6) is -1.07. The van der Waals surface area contributed by atoms with Crippen molar-refractivity contribution >= 4 is 5.97 Å². The molecule has 0 spiro atoms. The molecule has 0 heterocycles. The zero-order chi connectivity index (χ0) is 13.1. The van der Waals surface area contributed by atoms with Crippen molar-refractivity contribution in [3.8, 4) is 0 Å². The van der Waals surface area contributed by atoms with Gasteiger partial charge in [-0.2, -0.15) is 13.2 Å². The second-order valence-electron chi connectivity index (χ2n) is 4.47. The number of nitrogens with one attached hydrogen (secondary N) is 1. The lowest BCUT2D eigenvalue weighted by atomic mass is 9.98. The predicted octanol–water partition coefficient (Wildman–Crippen LogP) is 1.55. The average molecular weight is 255 g/mol. The van der Waals surface area contributed by atoms with E-state index in [-0.39, 0.29) is 19.1 Å². The highest BCUT2D eigenvalue weighted by molar-refractivity contribution is 5.78. The molecule has 0 bridgehead atoms. The third-order valence-corrected chi connectivity index (χ3v) is 2.58. The highest BCUT2D eigenvalue weighted by Crippen LogP contribution is 2.24. The van der Waals surface area contributed by atoms with Crippen LogP contribution in [0.4, 0.5) is 13.2 Å². The Morgan fingerprint density at radius 2 is 2.06 bits per heavy atom. The summed E-state index contributed by atoms with van der Waals surface area (Å²) >= 11 is 0. The van der Waals surface area contributed by atoms with Gasteiger partial charge in [-0.15, -0.1) is 0 Å². The van der Waals surface area contributed by atoms with Gasteiger partial charge < -0.3 is 9.84 Å². The molecule has 2 N–H and O–H groups in total. The molecule has 4 nitrogen and oxygen atoms in total. The monoisotopic (exact) mass is 255 g/mol. The van der Waals surface area contributed by atoms with E-state index in [0.29, 0.717) is 0 Å². The second-order valence-corrected chi connectivity index (χ2v) is 4.47. The first kappa shape index (κ1) is 14.2. The first-order valence-corrected chi connectivity index (χ1v) is 5.38. The van der Waals surface area contributed by atoms with Gasteiger partial charge in [0.15, 0.2) is 0 Å². The fraction of sp³-hybridized carbons (Fsp3) is 0.900. The molecule has 7 heteroatoms. The van der Waals surface area contributed by atoms with Gasteiger partial charge in [-0.25, -0.2) is 0 Å². The molecule has 0 amide bonds. The van der Waals surface area contributed by atoms with E-state index in [2.05, 4.69) is 10.1 Å². The molecule has 1 aliphatic rings. The Balaban J connectivity index is 2.31. The van der Waals surface area contributed by atoms with Gasteiger partial charge in [-0.1, -0.05) is 0 Å². The van der Waals surface area contributed by atoms with Gasteiger partial charge in [0.05, 0.1) is 0 Å². The van der Waals surface area contributed by atoms with Crippen LogP contribution in [0.2, 0.25) is 0 Å². The molecule has 17 heavy (non-hydrogen) atoms. The molecule has 0 aromatic rings. The van der Waals surface area contributed by atoms with E-state index in [0.717, 1.165) is 12.8 Å². The van der Waals surface area contributed by atoms with Crippen molar-refractivity contribution in [2.24, 2.45) is 0 Å². The maximum Gasteiger partial charge on any atom is 0.411 e. The maximum absolute atomic E-state index is 11.8. The summed E-state index contributed by atoms with van der Waals surface area (Å²) in [5, 5.41) is 11.9. The summed E-state index contributed by atoms with van der Waals surface area (Å²) in [5.41, 5.74) is -1.22. The minimum Gasteiger partial charge on any atom is -0.480 e. The molecule has 1 rings (SSSR count). The van der Waals surface area contributed by atoms with E-state index in [4.69, 9.17) is 5.11 Å². The standard InChI is InChI=1S/C10H16F3NO3/c1-9(8(15)16,14-7-2-3-7)4-5-17-6-10(11,12)13/h7,14H,2-6H2,1H3,(H,15,16). The van der Waals surface area contributed by atoms with Gasteiger partial charge in [0.1, 0.15) is 12.1 Å². The van der Waals surface area contributed by atoms with Crippen molar-refractivity contribution < 1.29 is 27.8 Å². The Kier molecular flexibility index (Phi) is 4.37. The van der Waals surface area contributed by atoms with Crippen LogP contribution in [-0.2, 0) is 9.53 Å².